The fourth-order valence-corrected chi connectivity index (χ4v) is 5.38. The van der Waals surface area contributed by atoms with E-state index in [2.05, 4.69) is 44.6 Å². The molecular weight excluding hydrogens is 454 g/mol. The predicted molar refractivity (Wildman–Crippen MR) is 138 cm³/mol. The molecule has 2 aromatic carbocycles. The number of benzene rings is 2. The second-order valence-electron chi connectivity index (χ2n) is 10.1. The number of likely N-dealkylation sites (N-methyl/N-ethyl adjacent to an activating group) is 1. The quantitative estimate of drug-likeness (QED) is 0.480. The number of nitrogens with one attached hydrogen (secondary N) is 1. The molecule has 3 aromatic rings. The van der Waals surface area contributed by atoms with Crippen LogP contribution in [0.2, 0.25) is 0 Å². The average Bonchev–Trinajstić information content (AvgIpc) is 3.58. The van der Waals surface area contributed by atoms with E-state index in [-0.39, 0.29) is 17.7 Å². The maximum atomic E-state index is 13.6. The highest BCUT2D eigenvalue weighted by atomic mass is 28.1. The number of carbonyl (C=O) groups is 1. The van der Waals surface area contributed by atoms with Crippen LogP contribution >= 0.6 is 0 Å². The summed E-state index contributed by atoms with van der Waals surface area (Å²) in [6, 6.07) is 14.1. The highest BCUT2D eigenvalue weighted by Crippen LogP contribution is 2.49. The maximum Gasteiger partial charge on any atom is 0.252 e. The number of aromatic nitrogens is 1. The summed E-state index contributed by atoms with van der Waals surface area (Å²) in [5, 5.41) is 4.39. The van der Waals surface area contributed by atoms with Crippen LogP contribution in [0.5, 0.6) is 11.5 Å². The Labute approximate surface area is 210 Å². The summed E-state index contributed by atoms with van der Waals surface area (Å²) in [5.41, 5.74) is 2.93. The topological polar surface area (TPSA) is 63.7 Å². The van der Waals surface area contributed by atoms with Gasteiger partial charge in [0.25, 0.3) is 5.91 Å². The summed E-state index contributed by atoms with van der Waals surface area (Å²) in [7, 11) is 5.82. The van der Waals surface area contributed by atoms with Crippen LogP contribution in [0.3, 0.4) is 0 Å². The van der Waals surface area contributed by atoms with E-state index in [9.17, 15) is 4.79 Å². The molecule has 1 amide bonds. The second-order valence-corrected chi connectivity index (χ2v) is 10.7. The van der Waals surface area contributed by atoms with Gasteiger partial charge < -0.3 is 19.7 Å². The van der Waals surface area contributed by atoms with Crippen molar-refractivity contribution >= 4 is 27.1 Å². The van der Waals surface area contributed by atoms with Gasteiger partial charge in [0.2, 0.25) is 0 Å². The number of fused-ring (bicyclic) bond motifs is 1. The van der Waals surface area contributed by atoms with Gasteiger partial charge in [-0.1, -0.05) is 12.1 Å². The van der Waals surface area contributed by atoms with Crippen molar-refractivity contribution in [3.05, 3.63) is 65.4 Å². The molecule has 0 unspecified atom stereocenters. The molecule has 5 rings (SSSR count). The van der Waals surface area contributed by atoms with Crippen molar-refractivity contribution < 1.29 is 14.3 Å². The number of nitrogens with zero attached hydrogens (tertiary/aromatic N) is 2. The Hall–Kier alpha value is -2.90. The van der Waals surface area contributed by atoms with Crippen molar-refractivity contribution in [3.8, 4) is 11.5 Å². The first-order valence-corrected chi connectivity index (χ1v) is 12.9. The number of likely N-dealkylation sites (tertiary alicyclic amines) is 1. The molecule has 1 aliphatic carbocycles. The summed E-state index contributed by atoms with van der Waals surface area (Å²) in [4.78, 5) is 20.4. The first-order valence-electron chi connectivity index (χ1n) is 12.3. The van der Waals surface area contributed by atoms with Crippen LogP contribution in [0.25, 0.3) is 10.9 Å². The Morgan fingerprint density at radius 1 is 1.17 bits per heavy atom. The van der Waals surface area contributed by atoms with E-state index in [1.165, 1.54) is 0 Å². The summed E-state index contributed by atoms with van der Waals surface area (Å²) in [5.74, 6) is 1.37. The standard InChI is InChI=1S/C28H32N3O3Si/c1-17(2)33-20-15-23(21-6-5-12-29-24(21)16-20)28(10-11-28)30-26(32)22-14-19(8-7-18(22)3)34-27(35)25-9-13-31(25)4/h5-8,12,14-17,25,27H,9-11,13H2,1-4H3,(H,30,32)/t25-,27-/m0/s1. The molecule has 2 heterocycles. The number of amides is 1. The van der Waals surface area contributed by atoms with Crippen molar-refractivity contribution in [1.29, 1.82) is 0 Å². The van der Waals surface area contributed by atoms with Crippen molar-refractivity contribution in [2.45, 2.75) is 63.4 Å². The lowest BCUT2D eigenvalue weighted by molar-refractivity contribution is 0.0562. The fourth-order valence-electron chi connectivity index (χ4n) is 4.83. The van der Waals surface area contributed by atoms with E-state index >= 15 is 0 Å². The number of rotatable bonds is 8. The Morgan fingerprint density at radius 3 is 2.63 bits per heavy atom. The van der Waals surface area contributed by atoms with Crippen LogP contribution in [0, 0.1) is 6.92 Å². The molecular formula is C28H32N3O3Si. The summed E-state index contributed by atoms with van der Waals surface area (Å²) < 4.78 is 12.2. The van der Waals surface area contributed by atoms with Gasteiger partial charge in [0.15, 0.2) is 0 Å². The smallest absolute Gasteiger partial charge is 0.252 e. The molecule has 1 N–H and O–H groups in total. The van der Waals surface area contributed by atoms with Gasteiger partial charge >= 0.3 is 0 Å². The average molecular weight is 487 g/mol. The molecule has 7 heteroatoms. The minimum Gasteiger partial charge on any atom is -0.493 e. The zero-order chi connectivity index (χ0) is 24.7. The van der Waals surface area contributed by atoms with Crippen LogP contribution in [-0.2, 0) is 5.54 Å². The summed E-state index contributed by atoms with van der Waals surface area (Å²) in [6.45, 7) is 7.05. The first-order chi connectivity index (χ1) is 16.8. The monoisotopic (exact) mass is 486 g/mol. The largest absolute Gasteiger partial charge is 0.493 e. The maximum absolute atomic E-state index is 13.6. The molecule has 181 valence electrons. The van der Waals surface area contributed by atoms with E-state index in [0.717, 1.165) is 53.6 Å². The van der Waals surface area contributed by atoms with E-state index in [4.69, 9.17) is 9.47 Å². The van der Waals surface area contributed by atoms with Gasteiger partial charge in [-0.3, -0.25) is 9.78 Å². The number of ether oxygens (including phenoxy) is 2. The van der Waals surface area contributed by atoms with Crippen molar-refractivity contribution in [2.24, 2.45) is 0 Å². The number of hydrogen-bond acceptors (Lipinski definition) is 5. The molecule has 35 heavy (non-hydrogen) atoms. The van der Waals surface area contributed by atoms with E-state index in [1.807, 2.05) is 51.1 Å². The van der Waals surface area contributed by atoms with Crippen LogP contribution < -0.4 is 14.8 Å². The van der Waals surface area contributed by atoms with Gasteiger partial charge in [0, 0.05) is 29.3 Å². The molecule has 6 nitrogen and oxygen atoms in total. The number of carbonyl (C=O) groups excluding carboxylic acids is 1. The van der Waals surface area contributed by atoms with Crippen molar-refractivity contribution in [2.75, 3.05) is 13.6 Å². The minimum atomic E-state index is -0.426. The van der Waals surface area contributed by atoms with Crippen LogP contribution in [-0.4, -0.2) is 57.5 Å². The third kappa shape index (κ3) is 4.80. The molecule has 2 atom stereocenters. The zero-order valence-corrected chi connectivity index (χ0v) is 21.8. The normalized spacial score (nSPS) is 19.8. The zero-order valence-electron chi connectivity index (χ0n) is 20.8. The van der Waals surface area contributed by atoms with Gasteiger partial charge in [-0.15, -0.1) is 0 Å². The number of pyridine rings is 1. The molecule has 3 radical (unpaired) electrons. The Bertz CT molecular complexity index is 1260. The molecule has 0 spiro atoms. The molecule has 0 bridgehead atoms. The van der Waals surface area contributed by atoms with E-state index in [0.29, 0.717) is 17.4 Å². The number of hydrogen-bond donors (Lipinski definition) is 1. The molecule has 1 aromatic heterocycles. The molecule has 2 fully saturated rings. The lowest BCUT2D eigenvalue weighted by Gasteiger charge is -2.41. The molecule has 1 saturated heterocycles. The highest BCUT2D eigenvalue weighted by Gasteiger charge is 2.47. The first kappa shape index (κ1) is 23.8. The van der Waals surface area contributed by atoms with Gasteiger partial charge in [0.1, 0.15) is 11.5 Å². The van der Waals surface area contributed by atoms with Crippen LogP contribution in [0.1, 0.15) is 54.6 Å². The third-order valence-electron chi connectivity index (χ3n) is 7.09. The van der Waals surface area contributed by atoms with Crippen molar-refractivity contribution in [1.82, 2.24) is 15.2 Å². The van der Waals surface area contributed by atoms with Gasteiger partial charge in [-0.25, -0.2) is 0 Å². The summed E-state index contributed by atoms with van der Waals surface area (Å²) in [6.07, 6.45) is 4.68. The minimum absolute atomic E-state index is 0.0528. The number of aryl methyl sites for hydroxylation is 1. The van der Waals surface area contributed by atoms with E-state index in [1.54, 1.807) is 6.20 Å². The molecule has 1 saturated carbocycles. The fraction of sp³-hybridized carbons (Fsp3) is 0.429. The van der Waals surface area contributed by atoms with Gasteiger partial charge in [-0.2, -0.15) is 0 Å². The van der Waals surface area contributed by atoms with Crippen molar-refractivity contribution in [3.63, 3.8) is 0 Å². The Balaban J connectivity index is 1.41. The van der Waals surface area contributed by atoms with E-state index < -0.39 is 5.54 Å². The Morgan fingerprint density at radius 2 is 1.97 bits per heavy atom. The third-order valence-corrected chi connectivity index (χ3v) is 7.60. The lowest BCUT2D eigenvalue weighted by atomic mass is 9.97. The lowest BCUT2D eigenvalue weighted by Crippen LogP contribution is -2.53. The molecule has 1 aliphatic heterocycles. The van der Waals surface area contributed by atoms with Crippen LogP contribution in [0.4, 0.5) is 0 Å². The second kappa shape index (κ2) is 9.28. The summed E-state index contributed by atoms with van der Waals surface area (Å²) >= 11 is 0. The SMILES string of the molecule is Cc1ccc(O[C@@H]([Si])[C@@H]2CCN2C)cc1C(=O)NC1(c2cc(OC(C)C)cc3ncccc23)CC1. The predicted octanol–water partition coefficient (Wildman–Crippen LogP) is 4.33. The highest BCUT2D eigenvalue weighted by molar-refractivity contribution is 6.11. The molecule has 2 aliphatic rings. The Kier molecular flexibility index (Phi) is 6.32. The van der Waals surface area contributed by atoms with Gasteiger partial charge in [-0.05, 0) is 89.0 Å². The van der Waals surface area contributed by atoms with Gasteiger partial charge in [0.05, 0.1) is 33.1 Å². The van der Waals surface area contributed by atoms with Crippen LogP contribution in [0.15, 0.2) is 48.7 Å².